The van der Waals surface area contributed by atoms with Crippen molar-refractivity contribution in [2.75, 3.05) is 4.90 Å². The largest absolute Gasteiger partial charge is 0.417 e. The van der Waals surface area contributed by atoms with E-state index >= 15 is 0 Å². The van der Waals surface area contributed by atoms with E-state index in [1.165, 1.54) is 12.1 Å². The zero-order valence-electron chi connectivity index (χ0n) is 19.5. The number of alkyl halides is 3. The molecule has 9 heteroatoms. The lowest BCUT2D eigenvalue weighted by atomic mass is 9.98. The summed E-state index contributed by atoms with van der Waals surface area (Å²) in [6.45, 7) is 0.177. The minimum absolute atomic E-state index is 0.00945. The minimum atomic E-state index is -4.49. The molecule has 0 amide bonds. The van der Waals surface area contributed by atoms with Crippen LogP contribution in [0.2, 0.25) is 0 Å². The summed E-state index contributed by atoms with van der Waals surface area (Å²) in [7, 11) is 0. The second-order valence-corrected chi connectivity index (χ2v) is 9.91. The Labute approximate surface area is 206 Å². The third-order valence-corrected chi connectivity index (χ3v) is 7.55. The minimum Gasteiger partial charge on any atom is -0.373 e. The highest BCUT2D eigenvalue weighted by Gasteiger charge is 2.42. The number of hydrogen-bond acceptors (Lipinski definition) is 6. The quantitative estimate of drug-likeness (QED) is 0.405. The van der Waals surface area contributed by atoms with Gasteiger partial charge < -0.3 is 14.2 Å². The Morgan fingerprint density at radius 2 is 1.81 bits per heavy atom. The van der Waals surface area contributed by atoms with E-state index in [1.807, 2.05) is 6.07 Å². The number of piperidine rings is 1. The summed E-state index contributed by atoms with van der Waals surface area (Å²) >= 11 is 0. The number of aromatic nitrogens is 2. The van der Waals surface area contributed by atoms with Crippen LogP contribution in [0.3, 0.4) is 0 Å². The van der Waals surface area contributed by atoms with Crippen LogP contribution in [0.1, 0.15) is 66.9 Å². The van der Waals surface area contributed by atoms with Gasteiger partial charge in [-0.3, -0.25) is 0 Å². The Bertz CT molecular complexity index is 1280. The summed E-state index contributed by atoms with van der Waals surface area (Å²) in [6, 6.07) is 11.9. The molecule has 2 bridgehead atoms. The van der Waals surface area contributed by atoms with Gasteiger partial charge in [-0.15, -0.1) is 0 Å². The number of benzene rings is 1. The summed E-state index contributed by atoms with van der Waals surface area (Å²) in [6.07, 6.45) is 2.71. The molecule has 6 rings (SSSR count). The lowest BCUT2D eigenvalue weighted by molar-refractivity contribution is -0.137. The van der Waals surface area contributed by atoms with Crippen LogP contribution in [0.15, 0.2) is 47.1 Å². The summed E-state index contributed by atoms with van der Waals surface area (Å²) in [5.74, 6) is 1.73. The summed E-state index contributed by atoms with van der Waals surface area (Å²) in [4.78, 5) is 6.82. The van der Waals surface area contributed by atoms with Crippen molar-refractivity contribution in [3.63, 3.8) is 0 Å². The van der Waals surface area contributed by atoms with Gasteiger partial charge in [-0.05, 0) is 56.7 Å². The van der Waals surface area contributed by atoms with E-state index in [1.54, 1.807) is 18.3 Å². The molecule has 0 radical (unpaired) electrons. The third-order valence-electron chi connectivity index (χ3n) is 7.55. The molecule has 3 fully saturated rings. The van der Waals surface area contributed by atoms with Crippen LogP contribution >= 0.6 is 0 Å². The fourth-order valence-electron chi connectivity index (χ4n) is 5.72. The number of ether oxygens (including phenoxy) is 1. The maximum absolute atomic E-state index is 13.7. The van der Waals surface area contributed by atoms with Gasteiger partial charge in [0, 0.05) is 35.3 Å². The maximum atomic E-state index is 13.7. The predicted molar refractivity (Wildman–Crippen MR) is 125 cm³/mol. The first-order valence-electron chi connectivity index (χ1n) is 12.3. The molecule has 3 aliphatic rings. The first kappa shape index (κ1) is 23.0. The van der Waals surface area contributed by atoms with Gasteiger partial charge in [0.25, 0.3) is 0 Å². The number of rotatable bonds is 6. The summed E-state index contributed by atoms with van der Waals surface area (Å²) < 4.78 is 53.1. The van der Waals surface area contributed by atoms with Crippen molar-refractivity contribution in [2.24, 2.45) is 0 Å². The second kappa shape index (κ2) is 8.93. The van der Waals surface area contributed by atoms with Crippen molar-refractivity contribution in [2.45, 2.75) is 75.4 Å². The zero-order chi connectivity index (χ0) is 24.9. The van der Waals surface area contributed by atoms with Crippen LogP contribution < -0.4 is 4.90 Å². The molecule has 1 saturated carbocycles. The van der Waals surface area contributed by atoms with Gasteiger partial charge in [0.05, 0.1) is 23.8 Å². The molecule has 2 aliphatic heterocycles. The molecule has 2 saturated heterocycles. The molecule has 2 aromatic heterocycles. The van der Waals surface area contributed by atoms with E-state index < -0.39 is 11.7 Å². The molecule has 1 aromatic carbocycles. The van der Waals surface area contributed by atoms with E-state index in [2.05, 4.69) is 21.1 Å². The Balaban J connectivity index is 1.21. The van der Waals surface area contributed by atoms with Crippen LogP contribution in [-0.4, -0.2) is 28.3 Å². The van der Waals surface area contributed by atoms with Crippen LogP contribution in [0.25, 0.3) is 11.3 Å². The topological polar surface area (TPSA) is 75.2 Å². The van der Waals surface area contributed by atoms with Gasteiger partial charge in [-0.2, -0.15) is 18.4 Å². The Kier molecular flexibility index (Phi) is 5.72. The predicted octanol–water partition coefficient (Wildman–Crippen LogP) is 6.22. The van der Waals surface area contributed by atoms with Gasteiger partial charge in [-0.25, -0.2) is 4.98 Å². The highest BCUT2D eigenvalue weighted by molar-refractivity contribution is 5.68. The lowest BCUT2D eigenvalue weighted by Crippen LogP contribution is -2.46. The molecular weight excluding hydrogens is 469 g/mol. The smallest absolute Gasteiger partial charge is 0.373 e. The molecule has 3 atom stereocenters. The molecule has 4 heterocycles. The van der Waals surface area contributed by atoms with Crippen molar-refractivity contribution in [3.8, 4) is 17.3 Å². The van der Waals surface area contributed by atoms with Crippen LogP contribution in [0.4, 0.5) is 19.0 Å². The first-order valence-corrected chi connectivity index (χ1v) is 12.3. The van der Waals surface area contributed by atoms with Crippen LogP contribution in [0, 0.1) is 11.3 Å². The molecule has 1 aliphatic carbocycles. The fourth-order valence-corrected chi connectivity index (χ4v) is 5.72. The van der Waals surface area contributed by atoms with Gasteiger partial charge >= 0.3 is 6.18 Å². The van der Waals surface area contributed by atoms with E-state index in [0.717, 1.165) is 50.4 Å². The number of nitrogens with zero attached hydrogens (tertiary/aromatic N) is 4. The van der Waals surface area contributed by atoms with Gasteiger partial charge in [0.15, 0.2) is 0 Å². The normalized spacial score (nSPS) is 23.6. The van der Waals surface area contributed by atoms with Crippen molar-refractivity contribution >= 4 is 5.82 Å². The Hall–Kier alpha value is -3.38. The van der Waals surface area contributed by atoms with Crippen LogP contribution in [0.5, 0.6) is 0 Å². The zero-order valence-corrected chi connectivity index (χ0v) is 19.5. The number of anilines is 1. The monoisotopic (exact) mass is 494 g/mol. The van der Waals surface area contributed by atoms with Gasteiger partial charge in [-0.1, -0.05) is 23.4 Å². The van der Waals surface area contributed by atoms with E-state index in [4.69, 9.17) is 14.5 Å². The highest BCUT2D eigenvalue weighted by atomic mass is 19.4. The molecule has 186 valence electrons. The standard InChI is InChI=1S/C27H25F3N4O2/c28-27(29,30)23-4-2-1-3-21(23)25-22(26(36-33-25)17-6-7-17)15-35-20-11-18-8-9-19(12-20)34(18)24-10-5-16(13-31)14-32-24/h1-5,10,14,17-20H,6-9,11-12,15H2/t18-,19+,20+. The molecule has 0 N–H and O–H groups in total. The summed E-state index contributed by atoms with van der Waals surface area (Å²) in [5.41, 5.74) is 0.710. The molecule has 6 nitrogen and oxygen atoms in total. The number of nitriles is 1. The van der Waals surface area contributed by atoms with E-state index in [0.29, 0.717) is 16.9 Å². The molecule has 0 unspecified atom stereocenters. The molecule has 3 aromatic rings. The van der Waals surface area contributed by atoms with Gasteiger partial charge in [0.2, 0.25) is 0 Å². The van der Waals surface area contributed by atoms with Crippen LogP contribution in [-0.2, 0) is 17.5 Å². The van der Waals surface area contributed by atoms with Crippen molar-refractivity contribution in [1.29, 1.82) is 5.26 Å². The average molecular weight is 495 g/mol. The SMILES string of the molecule is N#Cc1ccc(N2[C@@H]3CC[C@H]2C[C@@H](OCc2c(-c4ccccc4C(F)(F)F)noc2C2CC2)C3)nc1. The number of fused-ring (bicyclic) bond motifs is 2. The summed E-state index contributed by atoms with van der Waals surface area (Å²) in [5, 5.41) is 13.1. The second-order valence-electron chi connectivity index (χ2n) is 9.91. The van der Waals surface area contributed by atoms with Crippen molar-refractivity contribution in [3.05, 3.63) is 65.0 Å². The first-order chi connectivity index (χ1) is 17.4. The lowest BCUT2D eigenvalue weighted by Gasteiger charge is -2.39. The van der Waals surface area contributed by atoms with Crippen molar-refractivity contribution < 1.29 is 22.4 Å². The average Bonchev–Trinajstić information content (AvgIpc) is 3.58. The molecular formula is C27H25F3N4O2. The molecule has 36 heavy (non-hydrogen) atoms. The van der Waals surface area contributed by atoms with Gasteiger partial charge in [0.1, 0.15) is 23.3 Å². The van der Waals surface area contributed by atoms with Crippen molar-refractivity contribution in [1.82, 2.24) is 10.1 Å². The van der Waals surface area contributed by atoms with E-state index in [-0.39, 0.29) is 42.0 Å². The maximum Gasteiger partial charge on any atom is 0.417 e. The Morgan fingerprint density at radius 3 is 2.44 bits per heavy atom. The van der Waals surface area contributed by atoms with E-state index in [9.17, 15) is 13.2 Å². The Morgan fingerprint density at radius 1 is 1.06 bits per heavy atom. The molecule has 0 spiro atoms. The number of hydrogen-bond donors (Lipinski definition) is 0. The fraction of sp³-hybridized carbons (Fsp3) is 0.444. The number of halogens is 3. The third kappa shape index (κ3) is 4.24. The number of pyridine rings is 1. The highest BCUT2D eigenvalue weighted by Crippen LogP contribution is 2.46.